The van der Waals surface area contributed by atoms with E-state index in [2.05, 4.69) is 69.9 Å². The minimum Gasteiger partial charge on any atom is -0.480 e. The Hall–Kier alpha value is -7.88. The predicted molar refractivity (Wildman–Crippen MR) is 348 cm³/mol. The van der Waals surface area contributed by atoms with E-state index in [0.717, 1.165) is 51.0 Å². The molecule has 2 unspecified atom stereocenters. The fourth-order valence-electron chi connectivity index (χ4n) is 9.84. The summed E-state index contributed by atoms with van der Waals surface area (Å²) in [5.41, 5.74) is 11.3. The highest BCUT2D eigenvalue weighted by Gasteiger charge is 2.31. The Kier molecular flexibility index (Phi) is 28.3. The molecule has 3 aromatic carbocycles. The van der Waals surface area contributed by atoms with E-state index < -0.39 is 70.3 Å². The summed E-state index contributed by atoms with van der Waals surface area (Å²) in [5, 5.41) is 31.0. The molecule has 90 heavy (non-hydrogen) atoms. The molecule has 2 heterocycles. The van der Waals surface area contributed by atoms with Crippen LogP contribution in [0.25, 0.3) is 22.3 Å². The molecule has 0 aliphatic carbocycles. The smallest absolute Gasteiger partial charge is 0.327 e. The number of likely N-dealkylation sites (N-methyl/N-ethyl adjacent to an activating group) is 1. The van der Waals surface area contributed by atoms with Crippen LogP contribution in [-0.4, -0.2) is 180 Å². The zero-order valence-electron chi connectivity index (χ0n) is 53.4. The van der Waals surface area contributed by atoms with Crippen molar-refractivity contribution < 1.29 is 57.7 Å². The molecule has 0 saturated heterocycles. The van der Waals surface area contributed by atoms with Gasteiger partial charge in [-0.05, 0) is 90.6 Å². The minimum absolute atomic E-state index is 0.0480. The zero-order valence-corrected chi connectivity index (χ0v) is 54.2. The highest BCUT2D eigenvalue weighted by molar-refractivity contribution is 8.15. The third-order valence-corrected chi connectivity index (χ3v) is 16.2. The van der Waals surface area contributed by atoms with E-state index in [9.17, 15) is 48.3 Å². The highest BCUT2D eigenvalue weighted by Crippen LogP contribution is 2.37. The van der Waals surface area contributed by atoms with Crippen LogP contribution in [0.2, 0.25) is 0 Å². The number of hydrogen-bond donors (Lipinski definition) is 11. The number of carboxylic acids is 1. The second-order valence-corrected chi connectivity index (χ2v) is 25.3. The number of anilines is 1. The maximum atomic E-state index is 14.2. The lowest BCUT2D eigenvalue weighted by Crippen LogP contribution is -2.50. The number of ether oxygens (including phenoxy) is 2. The minimum atomic E-state index is -1.60. The molecule has 13 N–H and O–H groups in total. The quantitative estimate of drug-likeness (QED) is 0.0101. The number of aromatic amines is 1. The van der Waals surface area contributed by atoms with Crippen molar-refractivity contribution >= 4 is 92.7 Å². The van der Waals surface area contributed by atoms with Crippen LogP contribution in [-0.2, 0) is 65.6 Å². The van der Waals surface area contributed by atoms with Gasteiger partial charge in [0.15, 0.2) is 0 Å². The van der Waals surface area contributed by atoms with E-state index in [1.807, 2.05) is 100 Å². The predicted octanol–water partition coefficient (Wildman–Crippen LogP) is 3.27. The molecule has 2 atom stereocenters. The second-order valence-electron chi connectivity index (χ2n) is 24.3. The lowest BCUT2D eigenvalue weighted by atomic mass is 9.95. The zero-order chi connectivity index (χ0) is 66.2. The monoisotopic (exact) mass is 1270 g/mol. The summed E-state index contributed by atoms with van der Waals surface area (Å²) in [7, 11) is 1.32. The molecule has 0 radical (unpaired) electrons. The lowest BCUT2D eigenvalue weighted by Gasteiger charge is -2.34. The topological polar surface area (TPSA) is 354 Å². The van der Waals surface area contributed by atoms with Crippen LogP contribution in [0.15, 0.2) is 79.0 Å². The number of amides is 7. The van der Waals surface area contributed by atoms with E-state index in [1.54, 1.807) is 16.1 Å². The maximum Gasteiger partial charge on any atom is 0.327 e. The number of hydrogen-bond acceptors (Lipinski definition) is 17. The fraction of sp³-hybridized carbons (Fsp3) is 0.516. The van der Waals surface area contributed by atoms with Crippen LogP contribution in [0.4, 0.5) is 5.69 Å². The molecule has 1 aliphatic rings. The number of thioether (sulfide) groups is 1. The number of H-pyrrole nitrogens is 1. The van der Waals surface area contributed by atoms with Gasteiger partial charge >= 0.3 is 11.9 Å². The number of carbonyl (C=O) groups excluding carboxylic acids is 8. The molecule has 5 rings (SSSR count). The van der Waals surface area contributed by atoms with Gasteiger partial charge in [0.2, 0.25) is 35.9 Å². The Morgan fingerprint density at radius 3 is 2.13 bits per heavy atom. The number of carboxylic acid groups (broad SMARTS) is 1. The molecular weight excluding hydrogens is 1170 g/mol. The molecule has 0 fully saturated rings. The number of para-hydroxylation sites is 2. The lowest BCUT2D eigenvalue weighted by molar-refractivity contribution is -0.141. The summed E-state index contributed by atoms with van der Waals surface area (Å²) >= 11 is 0.376. The van der Waals surface area contributed by atoms with Crippen molar-refractivity contribution in [1.82, 2.24) is 52.1 Å². The number of fused-ring (bicyclic) bond motifs is 3. The largest absolute Gasteiger partial charge is 0.480 e. The molecule has 0 saturated carbocycles. The number of rotatable bonds is 37. The number of aromatic nitrogens is 1. The van der Waals surface area contributed by atoms with E-state index in [-0.39, 0.29) is 75.8 Å². The third kappa shape index (κ3) is 23.5. The van der Waals surface area contributed by atoms with Gasteiger partial charge in [-0.3, -0.25) is 38.4 Å². The number of nitrogens with two attached hydrogens (primary N) is 2. The SMILES string of the molecule is CC(C)NCCC(C)(C)NCCN(N)/C1=C(\N)c2ccccc2CN(C(=O)CCNC(=O)CCC(C)(C)OCCC(C)(C)OCCNC(=O)CCN(C)C(=O)C(=O)SCC(NC(=O)CNC(=O)C(Cc2c[nH]c3ccccc23)NC=O)C(=O)O)c2ccccc21. The van der Waals surface area contributed by atoms with Crippen LogP contribution in [0, 0.1) is 0 Å². The number of aliphatic carboxylic acids is 1. The second kappa shape index (κ2) is 34.9. The Morgan fingerprint density at radius 1 is 0.756 bits per heavy atom. The van der Waals surface area contributed by atoms with Gasteiger partial charge in [0.05, 0.1) is 54.6 Å². The fourth-order valence-corrected chi connectivity index (χ4v) is 10.7. The Morgan fingerprint density at radius 2 is 1.41 bits per heavy atom. The number of benzene rings is 3. The summed E-state index contributed by atoms with van der Waals surface area (Å²) < 4.78 is 12.2. The van der Waals surface area contributed by atoms with Crippen LogP contribution in [0.3, 0.4) is 0 Å². The summed E-state index contributed by atoms with van der Waals surface area (Å²) in [6.45, 7) is 18.4. The summed E-state index contributed by atoms with van der Waals surface area (Å²) in [6.07, 6.45) is 4.07. The standard InChI is InChI=1S/C64H93N13O12S/c1-42(2)67-29-26-62(3,4)73-30-33-77(66)57-47-19-13-15-21-51(47)76(39-43-16-10-11-18-46(43)56(57)65)55(82)23-28-68-52(79)22-25-63(5,6)88-34-27-64(7,8)89-35-31-69-53(80)24-32-75(9)59(84)61(87)90-40-50(60(85)86)74-54(81)38-71-58(83)49(72-41-78)36-44-37-70-48-20-14-12-17-45(44)48/h10-21,37,41-42,49-50,67,70,73H,22-36,38-40,65-66H2,1-9H3,(H,68,79)(H,69,80)(H,71,83)(H,72,78)(H,74,81)(H,85,86)/b57-56-. The van der Waals surface area contributed by atoms with E-state index >= 15 is 0 Å². The number of hydrazine groups is 1. The Labute approximate surface area is 531 Å². The van der Waals surface area contributed by atoms with Gasteiger partial charge in [0.1, 0.15) is 12.1 Å². The van der Waals surface area contributed by atoms with E-state index in [4.69, 9.17) is 21.1 Å². The first-order valence-corrected chi connectivity index (χ1v) is 31.4. The Bertz CT molecular complexity index is 3150. The van der Waals surface area contributed by atoms with Gasteiger partial charge in [-0.25, -0.2) is 10.6 Å². The molecule has 4 aromatic rings. The van der Waals surface area contributed by atoms with Gasteiger partial charge in [-0.2, -0.15) is 0 Å². The van der Waals surface area contributed by atoms with Crippen LogP contribution < -0.4 is 53.7 Å². The normalized spacial score (nSPS) is 14.1. The molecule has 25 nitrogen and oxygen atoms in total. The molecule has 1 aliphatic heterocycles. The molecule has 1 aromatic heterocycles. The highest BCUT2D eigenvalue weighted by atomic mass is 32.2. The molecule has 492 valence electrons. The summed E-state index contributed by atoms with van der Waals surface area (Å²) in [5.74, 6) is 1.52. The van der Waals surface area contributed by atoms with Crippen molar-refractivity contribution in [3.05, 3.63) is 101 Å². The van der Waals surface area contributed by atoms with E-state index in [0.29, 0.717) is 73.8 Å². The number of nitrogens with zero attached hydrogens (tertiary/aromatic N) is 3. The third-order valence-electron chi connectivity index (χ3n) is 15.2. The van der Waals surface area contributed by atoms with Crippen molar-refractivity contribution in [3.8, 4) is 0 Å². The summed E-state index contributed by atoms with van der Waals surface area (Å²) in [4.78, 5) is 120. The van der Waals surface area contributed by atoms with Crippen molar-refractivity contribution in [2.24, 2.45) is 11.6 Å². The van der Waals surface area contributed by atoms with Gasteiger partial charge in [-0.15, -0.1) is 0 Å². The molecule has 7 amide bonds. The number of carbonyl (C=O) groups is 9. The Balaban J connectivity index is 0.964. The molecule has 26 heteroatoms. The first-order chi connectivity index (χ1) is 42.6. The van der Waals surface area contributed by atoms with Gasteiger partial charge < -0.3 is 77.3 Å². The average molecular weight is 1270 g/mol. The van der Waals surface area contributed by atoms with Crippen molar-refractivity contribution in [2.45, 2.75) is 142 Å². The number of nitrogens with one attached hydrogen (secondary N) is 8. The van der Waals surface area contributed by atoms with Gasteiger partial charge in [0, 0.05) is 111 Å². The van der Waals surface area contributed by atoms with Crippen molar-refractivity contribution in [2.75, 3.05) is 76.7 Å². The van der Waals surface area contributed by atoms with Crippen LogP contribution >= 0.6 is 11.8 Å². The first kappa shape index (κ1) is 72.9. The van der Waals surface area contributed by atoms with Gasteiger partial charge in [0.25, 0.3) is 5.12 Å². The summed E-state index contributed by atoms with van der Waals surface area (Å²) in [6, 6.07) is 20.4. The average Bonchev–Trinajstić information content (AvgIpc) is 0.902. The maximum absolute atomic E-state index is 14.2. The molecular formula is C64H93N13O12S. The van der Waals surface area contributed by atoms with Crippen molar-refractivity contribution in [3.63, 3.8) is 0 Å². The van der Waals surface area contributed by atoms with Crippen LogP contribution in [0.5, 0.6) is 0 Å². The van der Waals surface area contributed by atoms with Crippen LogP contribution in [0.1, 0.15) is 116 Å². The van der Waals surface area contributed by atoms with E-state index in [1.165, 1.54) is 7.05 Å². The van der Waals surface area contributed by atoms with Crippen molar-refractivity contribution in [1.29, 1.82) is 0 Å². The first-order valence-electron chi connectivity index (χ1n) is 30.4. The molecule has 0 bridgehead atoms. The molecule has 0 spiro atoms. The van der Waals surface area contributed by atoms with Gasteiger partial charge in [-0.1, -0.05) is 86.3 Å².